The topological polar surface area (TPSA) is 79.8 Å². The number of rotatable bonds is 6. The number of aryl methyl sites for hydroxylation is 1. The highest BCUT2D eigenvalue weighted by Crippen LogP contribution is 2.33. The molecule has 0 amide bonds. The second-order valence-corrected chi connectivity index (χ2v) is 10.2. The van der Waals surface area contributed by atoms with Gasteiger partial charge in [0.2, 0.25) is 0 Å². The van der Waals surface area contributed by atoms with Gasteiger partial charge in [-0.3, -0.25) is 4.99 Å². The molecule has 0 saturated carbocycles. The molecule has 0 radical (unpaired) electrons. The van der Waals surface area contributed by atoms with Crippen LogP contribution in [0, 0.1) is 18.8 Å². The van der Waals surface area contributed by atoms with E-state index in [2.05, 4.69) is 46.8 Å². The summed E-state index contributed by atoms with van der Waals surface area (Å²) in [6, 6.07) is 8.61. The van der Waals surface area contributed by atoms with Crippen LogP contribution in [0.15, 0.2) is 29.3 Å². The van der Waals surface area contributed by atoms with Gasteiger partial charge in [-0.2, -0.15) is 0 Å². The van der Waals surface area contributed by atoms with Crippen molar-refractivity contribution >= 4 is 15.8 Å². The van der Waals surface area contributed by atoms with Gasteiger partial charge in [-0.15, -0.1) is 0 Å². The van der Waals surface area contributed by atoms with Crippen LogP contribution < -0.4 is 10.6 Å². The Morgan fingerprint density at radius 1 is 1.21 bits per heavy atom. The Labute approximate surface area is 169 Å². The minimum Gasteiger partial charge on any atom is -0.373 e. The van der Waals surface area contributed by atoms with Crippen molar-refractivity contribution in [1.29, 1.82) is 0 Å². The Morgan fingerprint density at radius 2 is 2.00 bits per heavy atom. The number of hydrogen-bond donors (Lipinski definition) is 2. The second kappa shape index (κ2) is 9.74. The molecule has 0 aromatic heterocycles. The van der Waals surface area contributed by atoms with Gasteiger partial charge >= 0.3 is 0 Å². The van der Waals surface area contributed by atoms with Crippen LogP contribution in [0.5, 0.6) is 0 Å². The van der Waals surface area contributed by atoms with E-state index in [0.717, 1.165) is 44.9 Å². The van der Waals surface area contributed by atoms with Crippen LogP contribution in [0.3, 0.4) is 0 Å². The molecule has 2 aliphatic rings. The van der Waals surface area contributed by atoms with Crippen molar-refractivity contribution in [3.8, 4) is 0 Å². The molecule has 2 fully saturated rings. The number of nitrogens with zero attached hydrogens (tertiary/aromatic N) is 1. The van der Waals surface area contributed by atoms with E-state index < -0.39 is 9.84 Å². The van der Waals surface area contributed by atoms with E-state index in [1.54, 1.807) is 0 Å². The van der Waals surface area contributed by atoms with Crippen molar-refractivity contribution in [2.75, 3.05) is 37.7 Å². The Bertz CT molecular complexity index is 762. The summed E-state index contributed by atoms with van der Waals surface area (Å²) in [5.41, 5.74) is 2.49. The minimum atomic E-state index is -2.85. The lowest BCUT2D eigenvalue weighted by atomic mass is 9.89. The van der Waals surface area contributed by atoms with E-state index in [-0.39, 0.29) is 17.8 Å². The quantitative estimate of drug-likeness (QED) is 0.559. The molecular weight excluding hydrogens is 374 g/mol. The number of benzene rings is 1. The van der Waals surface area contributed by atoms with E-state index in [0.29, 0.717) is 18.2 Å². The van der Waals surface area contributed by atoms with Crippen molar-refractivity contribution in [3.63, 3.8) is 0 Å². The summed E-state index contributed by atoms with van der Waals surface area (Å²) in [7, 11) is -2.85. The predicted octanol–water partition coefficient (Wildman–Crippen LogP) is 2.45. The van der Waals surface area contributed by atoms with Gasteiger partial charge in [0, 0.05) is 32.2 Å². The highest BCUT2D eigenvalue weighted by Gasteiger charge is 2.29. The summed E-state index contributed by atoms with van der Waals surface area (Å²) in [4.78, 5) is 4.64. The van der Waals surface area contributed by atoms with Crippen LogP contribution in [0.25, 0.3) is 0 Å². The smallest absolute Gasteiger partial charge is 0.191 e. The Hall–Kier alpha value is -1.60. The molecule has 28 heavy (non-hydrogen) atoms. The molecule has 3 atom stereocenters. The van der Waals surface area contributed by atoms with Crippen LogP contribution in [0.4, 0.5) is 0 Å². The molecule has 1 aromatic rings. The Kier molecular flexibility index (Phi) is 7.35. The average Bonchev–Trinajstić information content (AvgIpc) is 3.04. The molecule has 7 heteroatoms. The minimum absolute atomic E-state index is 0.102. The summed E-state index contributed by atoms with van der Waals surface area (Å²) in [6.45, 7) is 7.05. The molecule has 2 saturated heterocycles. The fourth-order valence-corrected chi connectivity index (χ4v) is 5.83. The first kappa shape index (κ1) is 21.1. The molecule has 1 aromatic carbocycles. The summed E-state index contributed by atoms with van der Waals surface area (Å²) >= 11 is 0. The van der Waals surface area contributed by atoms with Crippen LogP contribution in [0.2, 0.25) is 0 Å². The van der Waals surface area contributed by atoms with E-state index in [9.17, 15) is 8.42 Å². The first-order chi connectivity index (χ1) is 13.5. The first-order valence-electron chi connectivity index (χ1n) is 10.4. The van der Waals surface area contributed by atoms with Crippen molar-refractivity contribution in [1.82, 2.24) is 10.6 Å². The number of ether oxygens (including phenoxy) is 1. The molecule has 0 bridgehead atoms. The van der Waals surface area contributed by atoms with E-state index >= 15 is 0 Å². The molecule has 0 spiro atoms. The first-order valence-corrected chi connectivity index (χ1v) is 12.2. The standard InChI is InChI=1S/C21H33N3O3S/c1-3-22-21(23-13-17-10-12-28(25,26)15-17)24-14-19-5-4-11-27-20(19)18-8-6-16(2)7-9-18/h6-9,17,19-20H,3-5,10-15H2,1-2H3,(H2,22,23,24). The maximum atomic E-state index is 11.6. The summed E-state index contributed by atoms with van der Waals surface area (Å²) in [5.74, 6) is 1.85. The lowest BCUT2D eigenvalue weighted by Crippen LogP contribution is -2.42. The monoisotopic (exact) mass is 407 g/mol. The van der Waals surface area contributed by atoms with Crippen LogP contribution in [-0.4, -0.2) is 52.1 Å². The molecule has 3 rings (SSSR count). The second-order valence-electron chi connectivity index (χ2n) is 7.97. The molecule has 6 nitrogen and oxygen atoms in total. The fraction of sp³-hybridized carbons (Fsp3) is 0.667. The van der Waals surface area contributed by atoms with Crippen molar-refractivity contribution < 1.29 is 13.2 Å². The lowest BCUT2D eigenvalue weighted by Gasteiger charge is -2.32. The van der Waals surface area contributed by atoms with Crippen molar-refractivity contribution in [3.05, 3.63) is 35.4 Å². The van der Waals surface area contributed by atoms with Crippen LogP contribution in [-0.2, 0) is 14.6 Å². The van der Waals surface area contributed by atoms with Gasteiger partial charge in [0.1, 0.15) is 0 Å². The zero-order valence-corrected chi connectivity index (χ0v) is 17.8. The SMILES string of the molecule is CCNC(=NCC1CCS(=O)(=O)C1)NCC1CCCOC1c1ccc(C)cc1. The van der Waals surface area contributed by atoms with Crippen LogP contribution in [0.1, 0.15) is 43.4 Å². The third-order valence-corrected chi connectivity index (χ3v) is 7.40. The average molecular weight is 408 g/mol. The van der Waals surface area contributed by atoms with E-state index in [1.165, 1.54) is 11.1 Å². The number of guanidine groups is 1. The van der Waals surface area contributed by atoms with E-state index in [4.69, 9.17) is 4.74 Å². The van der Waals surface area contributed by atoms with Gasteiger partial charge in [0.25, 0.3) is 0 Å². The van der Waals surface area contributed by atoms with Crippen molar-refractivity contribution in [2.45, 2.75) is 39.2 Å². The highest BCUT2D eigenvalue weighted by molar-refractivity contribution is 7.91. The summed E-state index contributed by atoms with van der Waals surface area (Å²) < 4.78 is 29.4. The highest BCUT2D eigenvalue weighted by atomic mass is 32.2. The van der Waals surface area contributed by atoms with Gasteiger partial charge < -0.3 is 15.4 Å². The van der Waals surface area contributed by atoms with Crippen molar-refractivity contribution in [2.24, 2.45) is 16.8 Å². The zero-order chi connectivity index (χ0) is 20.0. The number of hydrogen-bond acceptors (Lipinski definition) is 4. The maximum absolute atomic E-state index is 11.6. The maximum Gasteiger partial charge on any atom is 0.191 e. The fourth-order valence-electron chi connectivity index (χ4n) is 3.98. The molecule has 2 N–H and O–H groups in total. The molecular formula is C21H33N3O3S. The Balaban J connectivity index is 1.59. The molecule has 3 unspecified atom stereocenters. The van der Waals surface area contributed by atoms with Gasteiger partial charge in [0.15, 0.2) is 15.8 Å². The van der Waals surface area contributed by atoms with Crippen LogP contribution >= 0.6 is 0 Å². The Morgan fingerprint density at radius 3 is 2.68 bits per heavy atom. The normalized spacial score (nSPS) is 27.5. The van der Waals surface area contributed by atoms with Gasteiger partial charge in [-0.25, -0.2) is 8.42 Å². The molecule has 2 heterocycles. The third-order valence-electron chi connectivity index (χ3n) is 5.56. The van der Waals surface area contributed by atoms with Gasteiger partial charge in [0.05, 0.1) is 17.6 Å². The number of aliphatic imine (C=N–C) groups is 1. The largest absolute Gasteiger partial charge is 0.373 e. The number of sulfone groups is 1. The predicted molar refractivity (Wildman–Crippen MR) is 113 cm³/mol. The number of nitrogens with one attached hydrogen (secondary N) is 2. The zero-order valence-electron chi connectivity index (χ0n) is 17.0. The third kappa shape index (κ3) is 5.95. The summed E-state index contributed by atoms with van der Waals surface area (Å²) in [5, 5.41) is 6.73. The lowest BCUT2D eigenvalue weighted by molar-refractivity contribution is -0.0265. The van der Waals surface area contributed by atoms with E-state index in [1.807, 2.05) is 6.92 Å². The molecule has 2 aliphatic heterocycles. The molecule has 156 valence electrons. The summed E-state index contributed by atoms with van der Waals surface area (Å²) in [6.07, 6.45) is 3.01. The van der Waals surface area contributed by atoms with Gasteiger partial charge in [-0.1, -0.05) is 29.8 Å². The van der Waals surface area contributed by atoms with Gasteiger partial charge in [-0.05, 0) is 44.6 Å². The molecule has 0 aliphatic carbocycles.